The number of carboxylic acid groups (broad SMARTS) is 1. The predicted molar refractivity (Wildman–Crippen MR) is 70.3 cm³/mol. The zero-order valence-electron chi connectivity index (χ0n) is 9.28. The number of thiophene rings is 1. The van der Waals surface area contributed by atoms with Crippen LogP contribution in [0, 0.1) is 0 Å². The third-order valence-electron chi connectivity index (χ3n) is 2.11. The van der Waals surface area contributed by atoms with Gasteiger partial charge >= 0.3 is 5.97 Å². The summed E-state index contributed by atoms with van der Waals surface area (Å²) in [6.45, 7) is 0.582. The highest BCUT2D eigenvalue weighted by Gasteiger charge is 2.07. The van der Waals surface area contributed by atoms with Crippen LogP contribution in [0.25, 0.3) is 0 Å². The number of rotatable bonds is 5. The van der Waals surface area contributed by atoms with Crippen molar-refractivity contribution in [3.8, 4) is 0 Å². The normalized spacial score (nSPS) is 10.4. The van der Waals surface area contributed by atoms with Crippen molar-refractivity contribution in [2.45, 2.75) is 11.7 Å². The molecule has 0 spiro atoms. The van der Waals surface area contributed by atoms with Crippen LogP contribution in [0.5, 0.6) is 0 Å². The Hall–Kier alpha value is -1.60. The first-order chi connectivity index (χ1) is 8.65. The Labute approximate surface area is 111 Å². The lowest BCUT2D eigenvalue weighted by Crippen LogP contribution is -2.14. The van der Waals surface area contributed by atoms with E-state index in [0.717, 1.165) is 17.3 Å². The highest BCUT2D eigenvalue weighted by Crippen LogP contribution is 2.16. The lowest BCUT2D eigenvalue weighted by atomic mass is 10.3. The van der Waals surface area contributed by atoms with Crippen LogP contribution in [0.1, 0.15) is 5.56 Å². The van der Waals surface area contributed by atoms with Gasteiger partial charge in [-0.3, -0.25) is 9.59 Å². The average Bonchev–Trinajstić information content (AvgIpc) is 2.82. The first-order valence-electron chi connectivity index (χ1n) is 5.08. The lowest BCUT2D eigenvalue weighted by molar-refractivity contribution is -0.133. The van der Waals surface area contributed by atoms with Crippen molar-refractivity contribution in [2.75, 3.05) is 5.75 Å². The zero-order valence-corrected chi connectivity index (χ0v) is 10.9. The minimum absolute atomic E-state index is 0.111. The van der Waals surface area contributed by atoms with Crippen molar-refractivity contribution in [3.05, 3.63) is 45.0 Å². The average molecular weight is 282 g/mol. The highest BCUT2D eigenvalue weighted by atomic mass is 32.2. The summed E-state index contributed by atoms with van der Waals surface area (Å²) in [4.78, 5) is 25.6. The van der Waals surface area contributed by atoms with Crippen LogP contribution in [0.4, 0.5) is 0 Å². The van der Waals surface area contributed by atoms with Gasteiger partial charge in [-0.2, -0.15) is 16.3 Å². The molecule has 2 aromatic rings. The molecule has 0 atom stereocenters. The minimum Gasteiger partial charge on any atom is -0.481 e. The van der Waals surface area contributed by atoms with Gasteiger partial charge in [-0.25, -0.2) is 0 Å². The molecule has 5 nitrogen and oxygen atoms in total. The van der Waals surface area contributed by atoms with Crippen molar-refractivity contribution >= 4 is 29.1 Å². The Morgan fingerprint density at radius 2 is 2.33 bits per heavy atom. The molecule has 7 heteroatoms. The first-order valence-corrected chi connectivity index (χ1v) is 7.01. The van der Waals surface area contributed by atoms with Crippen LogP contribution in [-0.4, -0.2) is 26.4 Å². The lowest BCUT2D eigenvalue weighted by Gasteiger charge is -2.09. The number of hydrogen-bond donors (Lipinski definition) is 1. The molecule has 0 radical (unpaired) electrons. The molecule has 94 valence electrons. The molecule has 2 aromatic heterocycles. The molecule has 18 heavy (non-hydrogen) atoms. The highest BCUT2D eigenvalue weighted by molar-refractivity contribution is 7.99. The molecule has 0 aliphatic rings. The first kappa shape index (κ1) is 12.8. The second-order valence-electron chi connectivity index (χ2n) is 3.49. The fraction of sp³-hybridized carbons (Fsp3) is 0.182. The summed E-state index contributed by atoms with van der Waals surface area (Å²) < 4.78 is 1.77. The second-order valence-corrected chi connectivity index (χ2v) is 5.21. The molecule has 2 rings (SSSR count). The number of aromatic nitrogens is 2. The summed E-state index contributed by atoms with van der Waals surface area (Å²) in [6, 6.07) is 3.35. The van der Waals surface area contributed by atoms with E-state index < -0.39 is 5.97 Å². The van der Waals surface area contributed by atoms with E-state index in [4.69, 9.17) is 5.11 Å². The molecule has 0 aliphatic heterocycles. The second kappa shape index (κ2) is 5.83. The summed E-state index contributed by atoms with van der Waals surface area (Å²) in [6.07, 6.45) is 1.64. The maximum absolute atomic E-state index is 11.2. The van der Waals surface area contributed by atoms with E-state index in [2.05, 4.69) is 4.98 Å². The Bertz CT molecular complexity index is 593. The van der Waals surface area contributed by atoms with Gasteiger partial charge in [0.15, 0.2) is 5.16 Å². The molecule has 0 amide bonds. The van der Waals surface area contributed by atoms with E-state index in [9.17, 15) is 9.59 Å². The van der Waals surface area contributed by atoms with E-state index >= 15 is 0 Å². The molecule has 1 N–H and O–H groups in total. The number of carboxylic acids is 1. The topological polar surface area (TPSA) is 72.2 Å². The quantitative estimate of drug-likeness (QED) is 0.665. The molecule has 2 heterocycles. The fourth-order valence-electron chi connectivity index (χ4n) is 1.35. The standard InChI is InChI=1S/C11H10N2O3S2/c14-9-1-3-13(5-8-2-4-17-6-8)11(12-9)18-7-10(15)16/h1-4,6H,5,7H2,(H,15,16). The van der Waals surface area contributed by atoms with Gasteiger partial charge in [-0.15, -0.1) is 0 Å². The Kier molecular flexibility index (Phi) is 4.16. The van der Waals surface area contributed by atoms with Gasteiger partial charge in [0.25, 0.3) is 5.56 Å². The van der Waals surface area contributed by atoms with Gasteiger partial charge in [0.2, 0.25) is 0 Å². The monoisotopic (exact) mass is 282 g/mol. The van der Waals surface area contributed by atoms with Crippen LogP contribution in [0.3, 0.4) is 0 Å². The van der Waals surface area contributed by atoms with Gasteiger partial charge < -0.3 is 9.67 Å². The van der Waals surface area contributed by atoms with Crippen LogP contribution in [0.15, 0.2) is 39.0 Å². The summed E-state index contributed by atoms with van der Waals surface area (Å²) >= 11 is 2.64. The van der Waals surface area contributed by atoms with Crippen molar-refractivity contribution in [1.82, 2.24) is 9.55 Å². The molecule has 0 unspecified atom stereocenters. The fourth-order valence-corrected chi connectivity index (χ4v) is 2.71. The number of thioether (sulfide) groups is 1. The SMILES string of the molecule is O=C(O)CSc1nc(=O)ccn1Cc1ccsc1. The van der Waals surface area contributed by atoms with Crippen LogP contribution < -0.4 is 5.56 Å². The third kappa shape index (κ3) is 3.44. The molecule has 0 aromatic carbocycles. The maximum Gasteiger partial charge on any atom is 0.313 e. The molecular weight excluding hydrogens is 272 g/mol. The van der Waals surface area contributed by atoms with Crippen molar-refractivity contribution in [1.29, 1.82) is 0 Å². The van der Waals surface area contributed by atoms with Gasteiger partial charge in [0.05, 0.1) is 12.3 Å². The molecule has 0 aliphatic carbocycles. The predicted octanol–water partition coefficient (Wildman–Crippen LogP) is 1.53. The van der Waals surface area contributed by atoms with Crippen molar-refractivity contribution in [3.63, 3.8) is 0 Å². The van der Waals surface area contributed by atoms with Gasteiger partial charge in [-0.05, 0) is 22.4 Å². The van der Waals surface area contributed by atoms with E-state index in [-0.39, 0.29) is 11.3 Å². The van der Waals surface area contributed by atoms with Gasteiger partial charge in [0.1, 0.15) is 0 Å². The summed E-state index contributed by atoms with van der Waals surface area (Å²) in [5.74, 6) is -1.04. The Balaban J connectivity index is 2.22. The van der Waals surface area contributed by atoms with Crippen molar-refractivity contribution in [2.24, 2.45) is 0 Å². The summed E-state index contributed by atoms with van der Waals surface area (Å²) in [5.41, 5.74) is 0.743. The van der Waals surface area contributed by atoms with E-state index in [1.165, 1.54) is 6.07 Å². The summed E-state index contributed by atoms with van der Waals surface area (Å²) in [5, 5.41) is 13.1. The molecule has 0 saturated heterocycles. The smallest absolute Gasteiger partial charge is 0.313 e. The minimum atomic E-state index is -0.930. The number of nitrogens with zero attached hydrogens (tertiary/aromatic N) is 2. The third-order valence-corrected chi connectivity index (χ3v) is 3.81. The molecule has 0 fully saturated rings. The van der Waals surface area contributed by atoms with Crippen LogP contribution in [-0.2, 0) is 11.3 Å². The molecule has 0 bridgehead atoms. The summed E-state index contributed by atoms with van der Waals surface area (Å²) in [7, 11) is 0. The molecular formula is C11H10N2O3S2. The van der Waals surface area contributed by atoms with Crippen LogP contribution in [0.2, 0.25) is 0 Å². The molecule has 0 saturated carbocycles. The van der Waals surface area contributed by atoms with Gasteiger partial charge in [-0.1, -0.05) is 11.8 Å². The maximum atomic E-state index is 11.2. The Morgan fingerprint density at radius 3 is 3.00 bits per heavy atom. The van der Waals surface area contributed by atoms with E-state index in [1.807, 2.05) is 16.8 Å². The van der Waals surface area contributed by atoms with Crippen molar-refractivity contribution < 1.29 is 9.90 Å². The number of hydrogen-bond acceptors (Lipinski definition) is 5. The van der Waals surface area contributed by atoms with E-state index in [0.29, 0.717) is 11.7 Å². The largest absolute Gasteiger partial charge is 0.481 e. The number of aliphatic carboxylic acids is 1. The Morgan fingerprint density at radius 1 is 1.50 bits per heavy atom. The van der Waals surface area contributed by atoms with E-state index in [1.54, 1.807) is 22.1 Å². The van der Waals surface area contributed by atoms with Crippen LogP contribution >= 0.6 is 23.1 Å². The number of carbonyl (C=O) groups is 1. The van der Waals surface area contributed by atoms with Gasteiger partial charge in [0, 0.05) is 12.3 Å². The zero-order chi connectivity index (χ0) is 13.0.